The Labute approximate surface area is 114 Å². The zero-order valence-electron chi connectivity index (χ0n) is 10.2. The van der Waals surface area contributed by atoms with Gasteiger partial charge in [-0.1, -0.05) is 51.8 Å². The third kappa shape index (κ3) is 2.46. The molecule has 0 aromatic heterocycles. The zero-order chi connectivity index (χ0) is 13.3. The van der Waals surface area contributed by atoms with Gasteiger partial charge in [0.2, 0.25) is 0 Å². The van der Waals surface area contributed by atoms with Gasteiger partial charge in [0.1, 0.15) is 11.6 Å². The van der Waals surface area contributed by atoms with Gasteiger partial charge in [-0.25, -0.2) is 8.78 Å². The maximum Gasteiger partial charge on any atom is 0.133 e. The Morgan fingerprint density at radius 1 is 0.944 bits per heavy atom. The molecule has 0 bridgehead atoms. The Morgan fingerprint density at radius 2 is 1.56 bits per heavy atom. The van der Waals surface area contributed by atoms with E-state index in [4.69, 9.17) is 0 Å². The molecule has 18 heavy (non-hydrogen) atoms. The molecule has 0 aliphatic carbocycles. The van der Waals surface area contributed by atoms with Crippen LogP contribution in [0, 0.1) is 25.5 Å². The van der Waals surface area contributed by atoms with Crippen molar-refractivity contribution < 1.29 is 8.78 Å². The van der Waals surface area contributed by atoms with Crippen molar-refractivity contribution in [2.75, 3.05) is 0 Å². The molecule has 94 valence electrons. The minimum absolute atomic E-state index is 0.0684. The lowest BCUT2D eigenvalue weighted by molar-refractivity contribution is 0.555. The van der Waals surface area contributed by atoms with E-state index in [1.165, 1.54) is 12.1 Å². The van der Waals surface area contributed by atoms with E-state index in [1.807, 2.05) is 31.2 Å². The van der Waals surface area contributed by atoms with Crippen LogP contribution in [0.25, 0.3) is 0 Å². The van der Waals surface area contributed by atoms with Crippen molar-refractivity contribution in [1.29, 1.82) is 0 Å². The van der Waals surface area contributed by atoms with E-state index in [0.29, 0.717) is 5.56 Å². The van der Waals surface area contributed by atoms with Gasteiger partial charge in [0.05, 0.1) is 4.83 Å². The van der Waals surface area contributed by atoms with E-state index < -0.39 is 16.5 Å². The van der Waals surface area contributed by atoms with Crippen LogP contribution in [0.4, 0.5) is 8.78 Å². The fraction of sp³-hybridized carbons (Fsp3) is 0.200. The van der Waals surface area contributed by atoms with E-state index in [2.05, 4.69) is 15.9 Å². The molecule has 0 nitrogen and oxygen atoms in total. The molecule has 0 fully saturated rings. The SMILES string of the molecule is Cc1ccc(C(Br)c2c(F)ccc(C)c2F)cc1. The fourth-order valence-corrected chi connectivity index (χ4v) is 2.54. The minimum atomic E-state index is -0.527. The molecule has 2 aromatic carbocycles. The van der Waals surface area contributed by atoms with Crippen molar-refractivity contribution in [2.45, 2.75) is 18.7 Å². The average Bonchev–Trinajstić information content (AvgIpc) is 2.35. The van der Waals surface area contributed by atoms with Crippen LogP contribution >= 0.6 is 15.9 Å². The van der Waals surface area contributed by atoms with Crippen molar-refractivity contribution in [3.63, 3.8) is 0 Å². The third-order valence-corrected chi connectivity index (χ3v) is 3.93. The van der Waals surface area contributed by atoms with E-state index in [1.54, 1.807) is 6.92 Å². The molecule has 2 rings (SSSR count). The summed E-state index contributed by atoms with van der Waals surface area (Å²) in [6.07, 6.45) is 0. The first-order valence-electron chi connectivity index (χ1n) is 5.66. The van der Waals surface area contributed by atoms with E-state index in [-0.39, 0.29) is 5.56 Å². The second-order valence-corrected chi connectivity index (χ2v) is 5.28. The fourth-order valence-electron chi connectivity index (χ4n) is 1.81. The summed E-state index contributed by atoms with van der Waals surface area (Å²) in [6.45, 7) is 3.61. The zero-order valence-corrected chi connectivity index (χ0v) is 11.8. The normalized spacial score (nSPS) is 12.5. The Hall–Kier alpha value is -1.22. The van der Waals surface area contributed by atoms with E-state index >= 15 is 0 Å². The first-order chi connectivity index (χ1) is 8.50. The van der Waals surface area contributed by atoms with Gasteiger partial charge in [-0.2, -0.15) is 0 Å². The van der Waals surface area contributed by atoms with Gasteiger partial charge < -0.3 is 0 Å². The van der Waals surface area contributed by atoms with Gasteiger partial charge in [0.15, 0.2) is 0 Å². The van der Waals surface area contributed by atoms with Gasteiger partial charge >= 0.3 is 0 Å². The molecule has 3 heteroatoms. The van der Waals surface area contributed by atoms with E-state index in [0.717, 1.165) is 11.1 Å². The highest BCUT2D eigenvalue weighted by Crippen LogP contribution is 2.35. The van der Waals surface area contributed by atoms with Gasteiger partial charge in [-0.3, -0.25) is 0 Å². The van der Waals surface area contributed by atoms with Crippen LogP contribution in [0.2, 0.25) is 0 Å². The average molecular weight is 311 g/mol. The predicted molar refractivity (Wildman–Crippen MR) is 73.0 cm³/mol. The smallest absolute Gasteiger partial charge is 0.133 e. The van der Waals surface area contributed by atoms with Gasteiger partial charge in [-0.15, -0.1) is 0 Å². The molecule has 1 unspecified atom stereocenters. The Bertz CT molecular complexity index is 561. The summed E-state index contributed by atoms with van der Waals surface area (Å²) >= 11 is 3.37. The van der Waals surface area contributed by atoms with Crippen molar-refractivity contribution >= 4 is 15.9 Å². The predicted octanol–water partition coefficient (Wildman–Crippen LogP) is 5.07. The summed E-state index contributed by atoms with van der Waals surface area (Å²) in [6, 6.07) is 10.3. The van der Waals surface area contributed by atoms with Crippen LogP contribution < -0.4 is 0 Å². The molecule has 2 aromatic rings. The molecular formula is C15H13BrF2. The molecule has 0 saturated carbocycles. The Kier molecular flexibility index (Phi) is 3.81. The summed E-state index contributed by atoms with van der Waals surface area (Å²) in [7, 11) is 0. The number of hydrogen-bond donors (Lipinski definition) is 0. The first-order valence-corrected chi connectivity index (χ1v) is 6.57. The van der Waals surface area contributed by atoms with Gasteiger partial charge in [0.25, 0.3) is 0 Å². The lowest BCUT2D eigenvalue weighted by atomic mass is 10.0. The second-order valence-electron chi connectivity index (χ2n) is 4.37. The molecule has 0 saturated heterocycles. The van der Waals surface area contributed by atoms with Crippen molar-refractivity contribution in [3.05, 3.63) is 70.3 Å². The molecule has 0 aliphatic heterocycles. The number of hydrogen-bond acceptors (Lipinski definition) is 0. The van der Waals surface area contributed by atoms with Crippen LogP contribution in [0.5, 0.6) is 0 Å². The van der Waals surface area contributed by atoms with Crippen molar-refractivity contribution in [3.8, 4) is 0 Å². The molecule has 0 radical (unpaired) electrons. The molecular weight excluding hydrogens is 298 g/mol. The molecule has 0 amide bonds. The van der Waals surface area contributed by atoms with Gasteiger partial charge in [0, 0.05) is 5.56 Å². The van der Waals surface area contributed by atoms with Crippen LogP contribution in [-0.4, -0.2) is 0 Å². The number of benzene rings is 2. The van der Waals surface area contributed by atoms with E-state index in [9.17, 15) is 8.78 Å². The van der Waals surface area contributed by atoms with Crippen LogP contribution in [0.3, 0.4) is 0 Å². The highest BCUT2D eigenvalue weighted by Gasteiger charge is 2.20. The first kappa shape index (κ1) is 13.2. The summed E-state index contributed by atoms with van der Waals surface area (Å²) in [5.74, 6) is -1.02. The van der Waals surface area contributed by atoms with Crippen LogP contribution in [0.15, 0.2) is 36.4 Å². The topological polar surface area (TPSA) is 0 Å². The molecule has 0 N–H and O–H groups in total. The molecule has 1 atom stereocenters. The summed E-state index contributed by atoms with van der Waals surface area (Å²) < 4.78 is 27.8. The highest BCUT2D eigenvalue weighted by atomic mass is 79.9. The quantitative estimate of drug-likeness (QED) is 0.680. The summed E-state index contributed by atoms with van der Waals surface area (Å²) in [4.78, 5) is -0.474. The van der Waals surface area contributed by atoms with Gasteiger partial charge in [-0.05, 0) is 31.0 Å². The third-order valence-electron chi connectivity index (χ3n) is 2.94. The summed E-state index contributed by atoms with van der Waals surface area (Å²) in [5, 5.41) is 0. The van der Waals surface area contributed by atoms with Crippen LogP contribution in [0.1, 0.15) is 27.1 Å². The number of aryl methyl sites for hydroxylation is 2. The minimum Gasteiger partial charge on any atom is -0.207 e. The molecule has 0 heterocycles. The Balaban J connectivity index is 2.49. The standard InChI is InChI=1S/C15H13BrF2/c1-9-3-6-11(7-4-9)14(16)13-12(17)8-5-10(2)15(13)18/h3-8,14H,1-2H3. The lowest BCUT2D eigenvalue weighted by Gasteiger charge is -2.14. The highest BCUT2D eigenvalue weighted by molar-refractivity contribution is 9.09. The number of alkyl halides is 1. The number of halogens is 3. The lowest BCUT2D eigenvalue weighted by Crippen LogP contribution is -2.02. The van der Waals surface area contributed by atoms with Crippen molar-refractivity contribution in [1.82, 2.24) is 0 Å². The molecule has 0 aliphatic rings. The monoisotopic (exact) mass is 310 g/mol. The maximum absolute atomic E-state index is 14.0. The Morgan fingerprint density at radius 3 is 2.17 bits per heavy atom. The summed E-state index contributed by atoms with van der Waals surface area (Å²) in [5.41, 5.74) is 2.47. The van der Waals surface area contributed by atoms with Crippen LogP contribution in [-0.2, 0) is 0 Å². The largest absolute Gasteiger partial charge is 0.207 e. The maximum atomic E-state index is 14.0. The molecule has 0 spiro atoms. The number of rotatable bonds is 2. The van der Waals surface area contributed by atoms with Crippen molar-refractivity contribution in [2.24, 2.45) is 0 Å². The second kappa shape index (κ2) is 5.19.